The maximum atomic E-state index is 12.2. The van der Waals surface area contributed by atoms with Crippen molar-refractivity contribution in [2.45, 2.75) is 251 Å². The molecule has 0 rings (SSSR count). The summed E-state index contributed by atoms with van der Waals surface area (Å²) in [6.07, 6.45) is 52.5. The summed E-state index contributed by atoms with van der Waals surface area (Å²) in [5.74, 6) is -0.587. The molecule has 0 aromatic carbocycles. The van der Waals surface area contributed by atoms with Crippen molar-refractivity contribution in [1.29, 1.82) is 0 Å². The molecule has 0 aliphatic heterocycles. The number of unbranched alkanes of at least 4 members (excludes halogenated alkanes) is 30. The van der Waals surface area contributed by atoms with E-state index in [1.54, 1.807) is 0 Å². The molecule has 0 amide bonds. The fraction of sp³-hybridized carbons (Fsp3) is 0.872. The first kappa shape index (κ1) is 50.4. The molecule has 1 atom stereocenters. The van der Waals surface area contributed by atoms with Crippen molar-refractivity contribution in [3.05, 3.63) is 24.3 Å². The predicted octanol–water partition coefficient (Wildman–Crippen LogP) is 14.6. The molecule has 52 heavy (non-hydrogen) atoms. The number of ether oxygens (including phenoxy) is 2. The number of allylic oxidation sites excluding steroid dienone is 4. The summed E-state index contributed by atoms with van der Waals surface area (Å²) >= 11 is 0. The van der Waals surface area contributed by atoms with E-state index in [1.807, 2.05) is 0 Å². The number of carbonyl (C=O) groups excluding carboxylic acids is 2. The number of carbonyl (C=O) groups is 2. The first-order valence-electron chi connectivity index (χ1n) is 22.9. The van der Waals surface area contributed by atoms with E-state index in [1.165, 1.54) is 167 Å². The van der Waals surface area contributed by atoms with Gasteiger partial charge in [0.05, 0.1) is 6.61 Å². The van der Waals surface area contributed by atoms with Gasteiger partial charge in [-0.3, -0.25) is 9.59 Å². The van der Waals surface area contributed by atoms with Gasteiger partial charge in [-0.05, 0) is 44.9 Å². The highest BCUT2D eigenvalue weighted by Crippen LogP contribution is 2.16. The molecule has 0 saturated carbocycles. The number of aliphatic hydroxyl groups excluding tert-OH is 1. The second kappa shape index (κ2) is 43.8. The van der Waals surface area contributed by atoms with E-state index in [-0.39, 0.29) is 25.2 Å². The standard InChI is InChI=1S/C47H88O5/c1-3-5-7-9-11-13-15-17-19-21-22-23-24-26-27-29-31-33-35-37-39-41-46(49)51-44-45(43-48)52-47(50)42-40-38-36-34-32-30-28-25-20-18-16-14-12-10-8-6-4-2/h12,14,18,20,45,48H,3-11,13,15-17,19,21-44H2,1-2H3/b14-12-,20-18-/t45-/m0/s1. The van der Waals surface area contributed by atoms with Crippen LogP contribution in [-0.2, 0) is 19.1 Å². The Morgan fingerprint density at radius 3 is 1.17 bits per heavy atom. The first-order valence-corrected chi connectivity index (χ1v) is 22.9. The van der Waals surface area contributed by atoms with E-state index in [0.29, 0.717) is 12.8 Å². The Balaban J connectivity index is 3.48. The van der Waals surface area contributed by atoms with Crippen molar-refractivity contribution in [2.75, 3.05) is 13.2 Å². The largest absolute Gasteiger partial charge is 0.462 e. The Kier molecular flexibility index (Phi) is 42.4. The fourth-order valence-electron chi connectivity index (χ4n) is 6.76. The Morgan fingerprint density at radius 1 is 0.442 bits per heavy atom. The van der Waals surface area contributed by atoms with Crippen molar-refractivity contribution in [2.24, 2.45) is 0 Å². The molecule has 0 aliphatic rings. The Labute approximate surface area is 323 Å². The van der Waals surface area contributed by atoms with Gasteiger partial charge < -0.3 is 14.6 Å². The van der Waals surface area contributed by atoms with Gasteiger partial charge >= 0.3 is 11.9 Å². The van der Waals surface area contributed by atoms with Gasteiger partial charge in [-0.2, -0.15) is 0 Å². The molecule has 0 aromatic heterocycles. The van der Waals surface area contributed by atoms with Gasteiger partial charge in [-0.1, -0.05) is 212 Å². The molecule has 5 heteroatoms. The van der Waals surface area contributed by atoms with Gasteiger partial charge in [-0.15, -0.1) is 0 Å². The maximum Gasteiger partial charge on any atom is 0.306 e. The van der Waals surface area contributed by atoms with Crippen LogP contribution in [0.1, 0.15) is 245 Å². The molecule has 0 aromatic rings. The minimum atomic E-state index is -0.771. The first-order chi connectivity index (χ1) is 25.6. The van der Waals surface area contributed by atoms with Crippen molar-refractivity contribution < 1.29 is 24.2 Å². The lowest BCUT2D eigenvalue weighted by Gasteiger charge is -2.15. The Morgan fingerprint density at radius 2 is 0.769 bits per heavy atom. The molecular formula is C47H88O5. The molecule has 0 bridgehead atoms. The molecule has 0 aliphatic carbocycles. The highest BCUT2D eigenvalue weighted by atomic mass is 16.6. The zero-order valence-electron chi connectivity index (χ0n) is 34.8. The summed E-state index contributed by atoms with van der Waals surface area (Å²) in [6.45, 7) is 4.14. The number of hydrogen-bond acceptors (Lipinski definition) is 5. The summed E-state index contributed by atoms with van der Waals surface area (Å²) in [7, 11) is 0. The van der Waals surface area contributed by atoms with E-state index in [9.17, 15) is 14.7 Å². The second-order valence-electron chi connectivity index (χ2n) is 15.5. The number of hydrogen-bond donors (Lipinski definition) is 1. The minimum Gasteiger partial charge on any atom is -0.462 e. The van der Waals surface area contributed by atoms with E-state index < -0.39 is 6.10 Å². The number of rotatable bonds is 42. The molecule has 0 fully saturated rings. The molecule has 0 spiro atoms. The number of esters is 2. The summed E-state index contributed by atoms with van der Waals surface area (Å²) in [5, 5.41) is 9.59. The Bertz CT molecular complexity index is 791. The summed E-state index contributed by atoms with van der Waals surface area (Å²) in [5.41, 5.74) is 0. The Hall–Kier alpha value is -1.62. The zero-order valence-corrected chi connectivity index (χ0v) is 34.8. The van der Waals surface area contributed by atoms with Crippen LogP contribution in [0.25, 0.3) is 0 Å². The molecule has 5 nitrogen and oxygen atoms in total. The monoisotopic (exact) mass is 733 g/mol. The van der Waals surface area contributed by atoms with Crippen LogP contribution in [0.3, 0.4) is 0 Å². The van der Waals surface area contributed by atoms with E-state index in [2.05, 4.69) is 38.2 Å². The fourth-order valence-corrected chi connectivity index (χ4v) is 6.76. The minimum absolute atomic E-state index is 0.0642. The van der Waals surface area contributed by atoms with Crippen molar-refractivity contribution >= 4 is 11.9 Å². The maximum absolute atomic E-state index is 12.2. The molecule has 0 radical (unpaired) electrons. The molecule has 1 N–H and O–H groups in total. The van der Waals surface area contributed by atoms with Gasteiger partial charge in [0.25, 0.3) is 0 Å². The second-order valence-corrected chi connectivity index (χ2v) is 15.5. The molecule has 0 saturated heterocycles. The summed E-state index contributed by atoms with van der Waals surface area (Å²) in [6, 6.07) is 0. The molecule has 0 heterocycles. The molecule has 0 unspecified atom stereocenters. The predicted molar refractivity (Wildman–Crippen MR) is 224 cm³/mol. The topological polar surface area (TPSA) is 72.8 Å². The van der Waals surface area contributed by atoms with Crippen LogP contribution in [0.4, 0.5) is 0 Å². The van der Waals surface area contributed by atoms with Crippen LogP contribution in [0.15, 0.2) is 24.3 Å². The third-order valence-electron chi connectivity index (χ3n) is 10.2. The van der Waals surface area contributed by atoms with Gasteiger partial charge in [-0.25, -0.2) is 0 Å². The van der Waals surface area contributed by atoms with Crippen LogP contribution < -0.4 is 0 Å². The van der Waals surface area contributed by atoms with Crippen molar-refractivity contribution in [3.63, 3.8) is 0 Å². The normalized spacial score (nSPS) is 12.3. The smallest absolute Gasteiger partial charge is 0.306 e. The molecule has 306 valence electrons. The summed E-state index contributed by atoms with van der Waals surface area (Å²) in [4.78, 5) is 24.4. The summed E-state index contributed by atoms with van der Waals surface area (Å²) < 4.78 is 10.6. The lowest BCUT2D eigenvalue weighted by atomic mass is 10.0. The van der Waals surface area contributed by atoms with Crippen LogP contribution >= 0.6 is 0 Å². The van der Waals surface area contributed by atoms with E-state index >= 15 is 0 Å². The van der Waals surface area contributed by atoms with E-state index in [4.69, 9.17) is 9.47 Å². The third-order valence-corrected chi connectivity index (χ3v) is 10.2. The SMILES string of the molecule is CCCCC/C=C\C/C=C\CCCCCCCCCC(=O)O[C@@H](CO)COC(=O)CCCCCCCCCCCCCCCCCCCCCCC. The van der Waals surface area contributed by atoms with Crippen LogP contribution in [0.2, 0.25) is 0 Å². The highest BCUT2D eigenvalue weighted by molar-refractivity contribution is 5.70. The molecular weight excluding hydrogens is 645 g/mol. The van der Waals surface area contributed by atoms with Gasteiger partial charge in [0.15, 0.2) is 6.10 Å². The average Bonchev–Trinajstić information content (AvgIpc) is 3.15. The van der Waals surface area contributed by atoms with Crippen LogP contribution in [-0.4, -0.2) is 36.4 Å². The van der Waals surface area contributed by atoms with Crippen molar-refractivity contribution in [3.8, 4) is 0 Å². The van der Waals surface area contributed by atoms with Crippen LogP contribution in [0, 0.1) is 0 Å². The highest BCUT2D eigenvalue weighted by Gasteiger charge is 2.16. The number of aliphatic hydroxyl groups is 1. The third kappa shape index (κ3) is 41.1. The van der Waals surface area contributed by atoms with Crippen molar-refractivity contribution in [1.82, 2.24) is 0 Å². The lowest BCUT2D eigenvalue weighted by molar-refractivity contribution is -0.161. The van der Waals surface area contributed by atoms with Crippen LogP contribution in [0.5, 0.6) is 0 Å². The zero-order chi connectivity index (χ0) is 37.8. The van der Waals surface area contributed by atoms with Gasteiger partial charge in [0, 0.05) is 12.8 Å². The quantitative estimate of drug-likeness (QED) is 0.0384. The average molecular weight is 733 g/mol. The van der Waals surface area contributed by atoms with E-state index in [0.717, 1.165) is 51.4 Å². The van der Waals surface area contributed by atoms with Gasteiger partial charge in [0.1, 0.15) is 6.61 Å². The van der Waals surface area contributed by atoms with Gasteiger partial charge in [0.2, 0.25) is 0 Å². The lowest BCUT2D eigenvalue weighted by Crippen LogP contribution is -2.28.